The Balaban J connectivity index is 1.97. The SMILES string of the molecule is CCc1nc(N2CCN(CCCN)CC2)cc(=O)[nH]1. The first-order valence-electron chi connectivity index (χ1n) is 7.00. The molecule has 6 nitrogen and oxygen atoms in total. The van der Waals surface area contributed by atoms with E-state index < -0.39 is 0 Å². The van der Waals surface area contributed by atoms with Gasteiger partial charge < -0.3 is 15.6 Å². The third-order valence-electron chi connectivity index (χ3n) is 3.49. The maximum atomic E-state index is 11.6. The van der Waals surface area contributed by atoms with Gasteiger partial charge in [0.2, 0.25) is 0 Å². The standard InChI is InChI=1S/C13H23N5O/c1-2-11-15-12(10-13(19)16-11)18-8-6-17(7-9-18)5-3-4-14/h10H,2-9,14H2,1H3,(H,15,16,19). The fourth-order valence-corrected chi connectivity index (χ4v) is 2.34. The van der Waals surface area contributed by atoms with Crippen molar-refractivity contribution in [2.75, 3.05) is 44.2 Å². The highest BCUT2D eigenvalue weighted by atomic mass is 16.1. The van der Waals surface area contributed by atoms with Crippen molar-refractivity contribution in [3.63, 3.8) is 0 Å². The number of nitrogens with two attached hydrogens (primary N) is 1. The fraction of sp³-hybridized carbons (Fsp3) is 0.692. The maximum Gasteiger partial charge on any atom is 0.252 e. The average molecular weight is 265 g/mol. The van der Waals surface area contributed by atoms with Crippen molar-refractivity contribution in [1.29, 1.82) is 0 Å². The summed E-state index contributed by atoms with van der Waals surface area (Å²) < 4.78 is 0. The number of aryl methyl sites for hydroxylation is 1. The van der Waals surface area contributed by atoms with Crippen LogP contribution >= 0.6 is 0 Å². The molecule has 0 atom stereocenters. The van der Waals surface area contributed by atoms with Crippen molar-refractivity contribution < 1.29 is 0 Å². The van der Waals surface area contributed by atoms with Crippen LogP contribution in [0, 0.1) is 0 Å². The molecule has 0 saturated carbocycles. The topological polar surface area (TPSA) is 78.2 Å². The summed E-state index contributed by atoms with van der Waals surface area (Å²) in [5.74, 6) is 1.56. The van der Waals surface area contributed by atoms with Crippen LogP contribution in [-0.4, -0.2) is 54.1 Å². The molecule has 0 radical (unpaired) electrons. The van der Waals surface area contributed by atoms with E-state index in [9.17, 15) is 4.79 Å². The first kappa shape index (κ1) is 14.0. The van der Waals surface area contributed by atoms with Crippen LogP contribution in [-0.2, 0) is 6.42 Å². The summed E-state index contributed by atoms with van der Waals surface area (Å²) in [4.78, 5) is 23.4. The van der Waals surface area contributed by atoms with Crippen LogP contribution in [0.4, 0.5) is 5.82 Å². The van der Waals surface area contributed by atoms with E-state index in [0.717, 1.165) is 63.8 Å². The summed E-state index contributed by atoms with van der Waals surface area (Å²) in [6.07, 6.45) is 1.79. The van der Waals surface area contributed by atoms with Crippen molar-refractivity contribution in [3.8, 4) is 0 Å². The minimum Gasteiger partial charge on any atom is -0.354 e. The summed E-state index contributed by atoms with van der Waals surface area (Å²) >= 11 is 0. The highest BCUT2D eigenvalue weighted by Crippen LogP contribution is 2.12. The molecule has 0 spiro atoms. The number of nitrogens with one attached hydrogen (secondary N) is 1. The van der Waals surface area contributed by atoms with Crippen molar-refractivity contribution in [2.24, 2.45) is 5.73 Å². The molecule has 0 amide bonds. The number of nitrogens with zero attached hydrogens (tertiary/aromatic N) is 3. The molecule has 0 aromatic carbocycles. The van der Waals surface area contributed by atoms with Crippen LogP contribution in [0.3, 0.4) is 0 Å². The Hall–Kier alpha value is -1.40. The maximum absolute atomic E-state index is 11.6. The van der Waals surface area contributed by atoms with Gasteiger partial charge in [0.15, 0.2) is 0 Å². The summed E-state index contributed by atoms with van der Waals surface area (Å²) in [7, 11) is 0. The van der Waals surface area contributed by atoms with Crippen LogP contribution in [0.15, 0.2) is 10.9 Å². The second kappa shape index (κ2) is 6.68. The van der Waals surface area contributed by atoms with Gasteiger partial charge in [0.1, 0.15) is 11.6 Å². The number of piperazine rings is 1. The summed E-state index contributed by atoms with van der Waals surface area (Å²) in [5.41, 5.74) is 5.46. The van der Waals surface area contributed by atoms with Crippen LogP contribution in [0.2, 0.25) is 0 Å². The molecule has 3 N–H and O–H groups in total. The van der Waals surface area contributed by atoms with E-state index in [1.54, 1.807) is 6.07 Å². The zero-order chi connectivity index (χ0) is 13.7. The Morgan fingerprint density at radius 3 is 2.74 bits per heavy atom. The van der Waals surface area contributed by atoms with E-state index in [1.807, 2.05) is 6.92 Å². The van der Waals surface area contributed by atoms with Crippen molar-refractivity contribution >= 4 is 5.82 Å². The summed E-state index contributed by atoms with van der Waals surface area (Å²) in [6.45, 7) is 7.66. The van der Waals surface area contributed by atoms with Gasteiger partial charge >= 0.3 is 0 Å². The Labute approximate surface area is 113 Å². The lowest BCUT2D eigenvalue weighted by molar-refractivity contribution is 0.256. The monoisotopic (exact) mass is 265 g/mol. The van der Waals surface area contributed by atoms with Gasteiger partial charge in [-0.15, -0.1) is 0 Å². The number of H-pyrrole nitrogens is 1. The van der Waals surface area contributed by atoms with Crippen LogP contribution < -0.4 is 16.2 Å². The van der Waals surface area contributed by atoms with Gasteiger partial charge in [0, 0.05) is 38.7 Å². The number of anilines is 1. The second-order valence-corrected chi connectivity index (χ2v) is 4.87. The number of hydrogen-bond donors (Lipinski definition) is 2. The van der Waals surface area contributed by atoms with E-state index >= 15 is 0 Å². The molecule has 1 aromatic heterocycles. The lowest BCUT2D eigenvalue weighted by Crippen LogP contribution is -2.47. The molecule has 1 saturated heterocycles. The molecule has 0 unspecified atom stereocenters. The van der Waals surface area contributed by atoms with Crippen LogP contribution in [0.5, 0.6) is 0 Å². The lowest BCUT2D eigenvalue weighted by atomic mass is 10.3. The molecular weight excluding hydrogens is 242 g/mol. The lowest BCUT2D eigenvalue weighted by Gasteiger charge is -2.35. The van der Waals surface area contributed by atoms with Gasteiger partial charge in [0.05, 0.1) is 0 Å². The molecule has 1 aliphatic rings. The van der Waals surface area contributed by atoms with Gasteiger partial charge in [-0.1, -0.05) is 6.92 Å². The van der Waals surface area contributed by atoms with E-state index in [-0.39, 0.29) is 5.56 Å². The van der Waals surface area contributed by atoms with Crippen molar-refractivity contribution in [2.45, 2.75) is 19.8 Å². The molecular formula is C13H23N5O. The first-order chi connectivity index (χ1) is 9.22. The van der Waals surface area contributed by atoms with Crippen LogP contribution in [0.1, 0.15) is 19.2 Å². The molecule has 1 aromatic rings. The smallest absolute Gasteiger partial charge is 0.252 e. The predicted molar refractivity (Wildman–Crippen MR) is 76.6 cm³/mol. The Bertz CT molecular complexity index is 451. The Morgan fingerprint density at radius 2 is 2.11 bits per heavy atom. The van der Waals surface area contributed by atoms with E-state index in [1.165, 1.54) is 0 Å². The highest BCUT2D eigenvalue weighted by molar-refractivity contribution is 5.38. The zero-order valence-corrected chi connectivity index (χ0v) is 11.6. The minimum absolute atomic E-state index is 0.0626. The summed E-state index contributed by atoms with van der Waals surface area (Å²) in [5, 5.41) is 0. The molecule has 1 fully saturated rings. The third kappa shape index (κ3) is 3.78. The summed E-state index contributed by atoms with van der Waals surface area (Å²) in [6, 6.07) is 1.59. The first-order valence-corrected chi connectivity index (χ1v) is 7.00. The van der Waals surface area contributed by atoms with Gasteiger partial charge in [-0.2, -0.15) is 0 Å². The molecule has 19 heavy (non-hydrogen) atoms. The molecule has 2 rings (SSSR count). The Kier molecular flexibility index (Phi) is 4.93. The number of rotatable bonds is 5. The fourth-order valence-electron chi connectivity index (χ4n) is 2.34. The molecule has 0 bridgehead atoms. The Morgan fingerprint density at radius 1 is 1.37 bits per heavy atom. The van der Waals surface area contributed by atoms with Gasteiger partial charge in [-0.3, -0.25) is 9.69 Å². The van der Waals surface area contributed by atoms with E-state index in [2.05, 4.69) is 19.8 Å². The number of aromatic nitrogens is 2. The number of aromatic amines is 1. The second-order valence-electron chi connectivity index (χ2n) is 4.87. The van der Waals surface area contributed by atoms with Crippen molar-refractivity contribution in [3.05, 3.63) is 22.2 Å². The normalized spacial score (nSPS) is 16.8. The average Bonchev–Trinajstić information content (AvgIpc) is 2.45. The van der Waals surface area contributed by atoms with Crippen molar-refractivity contribution in [1.82, 2.24) is 14.9 Å². The van der Waals surface area contributed by atoms with Gasteiger partial charge in [-0.25, -0.2) is 4.98 Å². The van der Waals surface area contributed by atoms with Gasteiger partial charge in [0.25, 0.3) is 5.56 Å². The third-order valence-corrected chi connectivity index (χ3v) is 3.49. The predicted octanol–water partition coefficient (Wildman–Crippen LogP) is -0.197. The minimum atomic E-state index is -0.0626. The zero-order valence-electron chi connectivity index (χ0n) is 11.6. The quantitative estimate of drug-likeness (QED) is 0.771. The van der Waals surface area contributed by atoms with Crippen LogP contribution in [0.25, 0.3) is 0 Å². The largest absolute Gasteiger partial charge is 0.354 e. The molecule has 6 heteroatoms. The van der Waals surface area contributed by atoms with E-state index in [0.29, 0.717) is 0 Å². The molecule has 1 aliphatic heterocycles. The highest BCUT2D eigenvalue weighted by Gasteiger charge is 2.18. The molecule has 2 heterocycles. The molecule has 106 valence electrons. The molecule has 0 aliphatic carbocycles. The van der Waals surface area contributed by atoms with E-state index in [4.69, 9.17) is 5.73 Å². The number of hydrogen-bond acceptors (Lipinski definition) is 5. The van der Waals surface area contributed by atoms with Gasteiger partial charge in [-0.05, 0) is 19.5 Å².